The van der Waals surface area contributed by atoms with Crippen molar-refractivity contribution in [2.45, 2.75) is 57.9 Å². The molecule has 4 heteroatoms. The number of benzene rings is 3. The zero-order valence-corrected chi connectivity index (χ0v) is 19.2. The van der Waals surface area contributed by atoms with Crippen LogP contribution in [0.25, 0.3) is 21.9 Å². The number of carbonyl (C=O) groups is 2. The van der Waals surface area contributed by atoms with Crippen LogP contribution in [-0.2, 0) is 11.2 Å². The number of aromatic carboxylic acids is 1. The molecule has 4 nitrogen and oxygen atoms in total. The van der Waals surface area contributed by atoms with E-state index < -0.39 is 5.97 Å². The largest absolute Gasteiger partial charge is 0.478 e. The van der Waals surface area contributed by atoms with E-state index in [1.54, 1.807) is 6.07 Å². The number of hydrogen-bond donors (Lipinski definition) is 1. The number of nitrogens with zero attached hydrogens (tertiary/aromatic N) is 1. The summed E-state index contributed by atoms with van der Waals surface area (Å²) in [5.74, 6) is -0.450. The van der Waals surface area contributed by atoms with Crippen LogP contribution < -0.4 is 0 Å². The van der Waals surface area contributed by atoms with Crippen molar-refractivity contribution in [2.75, 3.05) is 6.54 Å². The molecule has 1 aliphatic heterocycles. The second-order valence-electron chi connectivity index (χ2n) is 9.74. The van der Waals surface area contributed by atoms with Crippen molar-refractivity contribution in [2.24, 2.45) is 5.92 Å². The lowest BCUT2D eigenvalue weighted by atomic mass is 9.93. The summed E-state index contributed by atoms with van der Waals surface area (Å²) in [5.41, 5.74) is 4.39. The van der Waals surface area contributed by atoms with Crippen molar-refractivity contribution < 1.29 is 14.7 Å². The third-order valence-corrected chi connectivity index (χ3v) is 7.54. The van der Waals surface area contributed by atoms with E-state index in [4.69, 9.17) is 0 Å². The first-order chi connectivity index (χ1) is 16.0. The summed E-state index contributed by atoms with van der Waals surface area (Å²) in [6.07, 6.45) is 7.92. The average Bonchev–Trinajstić information content (AvgIpc) is 3.18. The van der Waals surface area contributed by atoms with Gasteiger partial charge in [0, 0.05) is 18.5 Å². The number of likely N-dealkylation sites (tertiary alicyclic amines) is 1. The average molecular weight is 442 g/mol. The van der Waals surface area contributed by atoms with Crippen molar-refractivity contribution in [3.8, 4) is 11.1 Å². The zero-order chi connectivity index (χ0) is 22.9. The molecule has 170 valence electrons. The van der Waals surface area contributed by atoms with Crippen molar-refractivity contribution in [1.82, 2.24) is 4.90 Å². The standard InChI is InChI=1S/C29H31NO3/c1-19-15-22(11-12-27(19)29(32)33)23-10-9-21-8-7-20(17-25(21)18-23)16-24-13-14-30(28(24)31)26-5-3-2-4-6-26/h7-12,15,17-18,24,26H,2-6,13-14,16H2,1H3,(H,32,33). The molecule has 1 amide bonds. The summed E-state index contributed by atoms with van der Waals surface area (Å²) >= 11 is 0. The summed E-state index contributed by atoms with van der Waals surface area (Å²) in [4.78, 5) is 26.6. The van der Waals surface area contributed by atoms with Gasteiger partial charge in [0.15, 0.2) is 0 Å². The molecule has 1 saturated heterocycles. The van der Waals surface area contributed by atoms with Crippen LogP contribution in [0.2, 0.25) is 0 Å². The van der Waals surface area contributed by atoms with E-state index in [2.05, 4.69) is 41.3 Å². The van der Waals surface area contributed by atoms with Crippen LogP contribution in [0.4, 0.5) is 0 Å². The molecular formula is C29H31NO3. The van der Waals surface area contributed by atoms with E-state index in [0.717, 1.165) is 41.5 Å². The van der Waals surface area contributed by atoms with E-state index in [-0.39, 0.29) is 5.92 Å². The summed E-state index contributed by atoms with van der Waals surface area (Å²) in [6.45, 7) is 2.75. The van der Waals surface area contributed by atoms with Gasteiger partial charge in [-0.3, -0.25) is 4.79 Å². The Balaban J connectivity index is 1.35. The lowest BCUT2D eigenvalue weighted by molar-refractivity contribution is -0.133. The summed E-state index contributed by atoms with van der Waals surface area (Å²) in [7, 11) is 0. The van der Waals surface area contributed by atoms with E-state index >= 15 is 0 Å². The minimum Gasteiger partial charge on any atom is -0.478 e. The van der Waals surface area contributed by atoms with Gasteiger partial charge in [-0.2, -0.15) is 0 Å². The fourth-order valence-electron chi connectivity index (χ4n) is 5.68. The summed E-state index contributed by atoms with van der Waals surface area (Å²) in [6, 6.07) is 18.8. The molecule has 1 unspecified atom stereocenters. The zero-order valence-electron chi connectivity index (χ0n) is 19.2. The first-order valence-electron chi connectivity index (χ1n) is 12.2. The van der Waals surface area contributed by atoms with Crippen molar-refractivity contribution in [1.29, 1.82) is 0 Å². The van der Waals surface area contributed by atoms with Crippen LogP contribution in [0, 0.1) is 12.8 Å². The first-order valence-corrected chi connectivity index (χ1v) is 12.2. The van der Waals surface area contributed by atoms with Gasteiger partial charge in [-0.1, -0.05) is 61.7 Å². The predicted octanol–water partition coefficient (Wildman–Crippen LogP) is 6.24. The monoisotopic (exact) mass is 441 g/mol. The number of hydrogen-bond acceptors (Lipinski definition) is 2. The van der Waals surface area contributed by atoms with E-state index in [9.17, 15) is 14.7 Å². The quantitative estimate of drug-likeness (QED) is 0.510. The number of carboxylic acid groups (broad SMARTS) is 1. The maximum Gasteiger partial charge on any atom is 0.335 e. The van der Waals surface area contributed by atoms with Gasteiger partial charge in [-0.15, -0.1) is 0 Å². The molecule has 1 aliphatic carbocycles. The minimum atomic E-state index is -0.897. The minimum absolute atomic E-state index is 0.0961. The topological polar surface area (TPSA) is 57.6 Å². The van der Waals surface area contributed by atoms with Crippen LogP contribution in [0.3, 0.4) is 0 Å². The fraction of sp³-hybridized carbons (Fsp3) is 0.379. The number of rotatable bonds is 5. The van der Waals surface area contributed by atoms with E-state index in [1.807, 2.05) is 19.1 Å². The molecule has 1 N–H and O–H groups in total. The molecule has 0 aromatic heterocycles. The molecule has 2 fully saturated rings. The second-order valence-corrected chi connectivity index (χ2v) is 9.74. The Bertz CT molecular complexity index is 1210. The Morgan fingerprint density at radius 2 is 1.64 bits per heavy atom. The molecule has 0 radical (unpaired) electrons. The number of carboxylic acids is 1. The molecular weight excluding hydrogens is 410 g/mol. The van der Waals surface area contributed by atoms with Crippen LogP contribution in [0.15, 0.2) is 54.6 Å². The number of amides is 1. The number of aryl methyl sites for hydroxylation is 1. The summed E-state index contributed by atoms with van der Waals surface area (Å²) < 4.78 is 0. The van der Waals surface area contributed by atoms with E-state index in [1.165, 1.54) is 43.1 Å². The molecule has 5 rings (SSSR count). The predicted molar refractivity (Wildman–Crippen MR) is 131 cm³/mol. The molecule has 1 heterocycles. The van der Waals surface area contributed by atoms with Gasteiger partial charge in [0.25, 0.3) is 0 Å². The summed E-state index contributed by atoms with van der Waals surface area (Å²) in [5, 5.41) is 11.6. The Hall–Kier alpha value is -3.14. The highest BCUT2D eigenvalue weighted by molar-refractivity contribution is 5.91. The van der Waals surface area contributed by atoms with Gasteiger partial charge >= 0.3 is 5.97 Å². The lowest BCUT2D eigenvalue weighted by Crippen LogP contribution is -2.39. The fourth-order valence-corrected chi connectivity index (χ4v) is 5.68. The highest BCUT2D eigenvalue weighted by atomic mass is 16.4. The molecule has 0 spiro atoms. The van der Waals surface area contributed by atoms with Crippen molar-refractivity contribution in [3.63, 3.8) is 0 Å². The molecule has 3 aromatic rings. The highest BCUT2D eigenvalue weighted by Crippen LogP contribution is 2.32. The van der Waals surface area contributed by atoms with Crippen molar-refractivity contribution >= 4 is 22.6 Å². The third kappa shape index (κ3) is 4.39. The number of carbonyl (C=O) groups excluding carboxylic acids is 1. The normalized spacial score (nSPS) is 19.4. The SMILES string of the molecule is Cc1cc(-c2ccc3ccc(CC4CCN(C5CCCCC5)C4=O)cc3c2)ccc1C(=O)O. The molecule has 0 bridgehead atoms. The third-order valence-electron chi connectivity index (χ3n) is 7.54. The van der Waals surface area contributed by atoms with Crippen LogP contribution in [0.1, 0.15) is 60.0 Å². The molecule has 1 saturated carbocycles. The first kappa shape index (κ1) is 21.7. The van der Waals surface area contributed by atoms with Crippen LogP contribution >= 0.6 is 0 Å². The van der Waals surface area contributed by atoms with Crippen molar-refractivity contribution in [3.05, 3.63) is 71.3 Å². The second kappa shape index (κ2) is 9.01. The van der Waals surface area contributed by atoms with Gasteiger partial charge in [0.2, 0.25) is 5.91 Å². The number of fused-ring (bicyclic) bond motifs is 1. The van der Waals surface area contributed by atoms with Gasteiger partial charge in [0.05, 0.1) is 5.56 Å². The lowest BCUT2D eigenvalue weighted by Gasteiger charge is -2.31. The van der Waals surface area contributed by atoms with Gasteiger partial charge in [-0.05, 0) is 77.8 Å². The Kier molecular flexibility index (Phi) is 5.92. The molecule has 33 heavy (non-hydrogen) atoms. The molecule has 1 atom stereocenters. The Labute approximate surface area is 195 Å². The van der Waals surface area contributed by atoms with Gasteiger partial charge in [0.1, 0.15) is 0 Å². The molecule has 3 aromatic carbocycles. The maximum absolute atomic E-state index is 13.1. The smallest absolute Gasteiger partial charge is 0.335 e. The van der Waals surface area contributed by atoms with Gasteiger partial charge in [-0.25, -0.2) is 4.79 Å². The Morgan fingerprint density at radius 1 is 0.909 bits per heavy atom. The van der Waals surface area contributed by atoms with E-state index in [0.29, 0.717) is 17.5 Å². The van der Waals surface area contributed by atoms with Crippen LogP contribution in [-0.4, -0.2) is 34.5 Å². The van der Waals surface area contributed by atoms with Crippen LogP contribution in [0.5, 0.6) is 0 Å². The molecule has 2 aliphatic rings. The highest BCUT2D eigenvalue weighted by Gasteiger charge is 2.36. The van der Waals surface area contributed by atoms with Gasteiger partial charge < -0.3 is 10.0 Å². The maximum atomic E-state index is 13.1. The Morgan fingerprint density at radius 3 is 2.39 bits per heavy atom.